The molecule has 5 nitrogen and oxygen atoms in total. The summed E-state index contributed by atoms with van der Waals surface area (Å²) < 4.78 is 27.4. The molecule has 3 rings (SSSR count). The molecular weight excluding hydrogens is 343 g/mol. The molecule has 0 saturated carbocycles. The Morgan fingerprint density at radius 1 is 1.24 bits per heavy atom. The molecule has 1 aromatic heterocycles. The molecule has 1 saturated heterocycles. The summed E-state index contributed by atoms with van der Waals surface area (Å²) in [5.41, 5.74) is 0.312. The number of benzene rings is 1. The minimum absolute atomic E-state index is 0.351. The number of halogens is 2. The van der Waals surface area contributed by atoms with Crippen LogP contribution in [0.3, 0.4) is 0 Å². The van der Waals surface area contributed by atoms with Gasteiger partial charge in [0, 0.05) is 0 Å². The minimum Gasteiger partial charge on any atom is -0.398 e. The molecule has 2 heterocycles. The van der Waals surface area contributed by atoms with Gasteiger partial charge in [-0.05, 0) is 58.4 Å². The predicted octanol–water partition coefficient (Wildman–Crippen LogP) is 4.17. The summed E-state index contributed by atoms with van der Waals surface area (Å²) >= 11 is 6.23. The van der Waals surface area contributed by atoms with Gasteiger partial charge in [-0.2, -0.15) is 0 Å². The van der Waals surface area contributed by atoms with Gasteiger partial charge in [0.05, 0.1) is 28.1 Å². The molecule has 1 aliphatic heterocycles. The number of hydrogen-bond acceptors (Lipinski definition) is 4. The van der Waals surface area contributed by atoms with Crippen LogP contribution in [0.5, 0.6) is 0 Å². The maximum absolute atomic E-state index is 14.5. The summed E-state index contributed by atoms with van der Waals surface area (Å²) in [6.45, 7) is 9.43. The van der Waals surface area contributed by atoms with Crippen LogP contribution in [0.15, 0.2) is 30.1 Å². The third-order valence-electron chi connectivity index (χ3n) is 4.63. The van der Waals surface area contributed by atoms with Gasteiger partial charge < -0.3 is 9.31 Å². The van der Waals surface area contributed by atoms with Crippen molar-refractivity contribution in [3.63, 3.8) is 0 Å². The van der Waals surface area contributed by atoms with Crippen molar-refractivity contribution in [3.05, 3.63) is 46.4 Å². The van der Waals surface area contributed by atoms with Gasteiger partial charge in [-0.25, -0.2) is 9.07 Å². The van der Waals surface area contributed by atoms with E-state index in [1.165, 1.54) is 10.8 Å². The Labute approximate surface area is 151 Å². The van der Waals surface area contributed by atoms with Gasteiger partial charge in [-0.15, -0.1) is 5.10 Å². The van der Waals surface area contributed by atoms with Gasteiger partial charge in [0.1, 0.15) is 11.4 Å². The first-order chi connectivity index (χ1) is 11.6. The summed E-state index contributed by atoms with van der Waals surface area (Å²) in [5, 5.41) is 8.52. The third-order valence-corrected chi connectivity index (χ3v) is 4.93. The lowest BCUT2D eigenvalue weighted by atomic mass is 9.87. The van der Waals surface area contributed by atoms with Crippen molar-refractivity contribution in [3.8, 4) is 5.69 Å². The molecule has 0 amide bonds. The van der Waals surface area contributed by atoms with Gasteiger partial charge in [0.15, 0.2) is 0 Å². The minimum atomic E-state index is -1.06. The van der Waals surface area contributed by atoms with Crippen molar-refractivity contribution in [1.29, 1.82) is 0 Å². The molecule has 0 aliphatic carbocycles. The normalized spacial score (nSPS) is 19.5. The van der Waals surface area contributed by atoms with Crippen LogP contribution in [-0.2, 0) is 9.31 Å². The number of nitrogens with zero attached hydrogens (tertiary/aromatic N) is 3. The van der Waals surface area contributed by atoms with Crippen LogP contribution in [0.25, 0.3) is 11.8 Å². The zero-order valence-electron chi connectivity index (χ0n) is 14.9. The van der Waals surface area contributed by atoms with E-state index in [2.05, 4.69) is 10.3 Å². The van der Waals surface area contributed by atoms with E-state index >= 15 is 0 Å². The van der Waals surface area contributed by atoms with Crippen molar-refractivity contribution in [2.75, 3.05) is 0 Å². The third kappa shape index (κ3) is 3.49. The van der Waals surface area contributed by atoms with Gasteiger partial charge in [-0.1, -0.05) is 22.9 Å². The number of hydrogen-bond donors (Lipinski definition) is 0. The molecule has 1 aliphatic rings. The van der Waals surface area contributed by atoms with Crippen molar-refractivity contribution in [2.24, 2.45) is 0 Å². The first kappa shape index (κ1) is 18.1. The highest BCUT2D eigenvalue weighted by Crippen LogP contribution is 2.39. The highest BCUT2D eigenvalue weighted by molar-refractivity contribution is 6.54. The second-order valence-corrected chi connectivity index (χ2v) is 7.57. The lowest BCUT2D eigenvalue weighted by Gasteiger charge is -2.32. The summed E-state index contributed by atoms with van der Waals surface area (Å²) in [4.78, 5) is 0. The highest BCUT2D eigenvalue weighted by Gasteiger charge is 2.53. The Morgan fingerprint density at radius 3 is 2.48 bits per heavy atom. The lowest BCUT2D eigenvalue weighted by Crippen LogP contribution is -2.41. The summed E-state index contributed by atoms with van der Waals surface area (Å²) in [6.07, 6.45) is 2.86. The van der Waals surface area contributed by atoms with Crippen molar-refractivity contribution in [1.82, 2.24) is 15.0 Å². The Morgan fingerprint density at radius 2 is 1.88 bits per heavy atom. The summed E-state index contributed by atoms with van der Waals surface area (Å²) in [7, 11) is -1.06. The first-order valence-corrected chi connectivity index (χ1v) is 8.38. The Bertz CT molecular complexity index is 819. The van der Waals surface area contributed by atoms with Crippen LogP contribution < -0.4 is 0 Å². The molecule has 0 N–H and O–H groups in total. The van der Waals surface area contributed by atoms with Crippen LogP contribution in [0.4, 0.5) is 4.39 Å². The topological polar surface area (TPSA) is 49.2 Å². The van der Waals surface area contributed by atoms with Crippen LogP contribution in [0, 0.1) is 6.92 Å². The molecule has 2 aromatic rings. The van der Waals surface area contributed by atoms with Gasteiger partial charge in [0.2, 0.25) is 0 Å². The van der Waals surface area contributed by atoms with E-state index in [1.54, 1.807) is 6.20 Å². The molecular formula is C17H20BClFN3O2. The van der Waals surface area contributed by atoms with E-state index in [9.17, 15) is 4.39 Å². The highest BCUT2D eigenvalue weighted by atomic mass is 35.5. The smallest absolute Gasteiger partial charge is 0.398 e. The SMILES string of the molecule is Cc1ccc(-n2cc(C=C(F)B3OC(C)(C)C(C)(C)O3)nn2)c(Cl)c1. The molecule has 1 aromatic carbocycles. The van der Waals surface area contributed by atoms with E-state index in [0.29, 0.717) is 16.4 Å². The second-order valence-electron chi connectivity index (χ2n) is 7.16. The van der Waals surface area contributed by atoms with Crippen molar-refractivity contribution >= 4 is 24.8 Å². The molecule has 132 valence electrons. The molecule has 0 spiro atoms. The van der Waals surface area contributed by atoms with Crippen LogP contribution in [0.1, 0.15) is 39.0 Å². The Balaban J connectivity index is 1.82. The standard InChI is InChI=1S/C17H20BClFN3O2/c1-11-6-7-14(13(19)8-11)23-10-12(21-22-23)9-15(20)18-24-16(2,3)17(4,5)25-18/h6-10H,1-5H3. The fraction of sp³-hybridized carbons (Fsp3) is 0.412. The molecule has 0 unspecified atom stereocenters. The first-order valence-electron chi connectivity index (χ1n) is 8.01. The molecule has 25 heavy (non-hydrogen) atoms. The fourth-order valence-electron chi connectivity index (χ4n) is 2.42. The zero-order chi connectivity index (χ0) is 18.4. The Hall–Kier alpha value is -1.70. The average Bonchev–Trinajstić information content (AvgIpc) is 3.01. The number of aryl methyl sites for hydroxylation is 1. The predicted molar refractivity (Wildman–Crippen MR) is 96.3 cm³/mol. The number of rotatable bonds is 3. The molecule has 0 bridgehead atoms. The van der Waals surface area contributed by atoms with Crippen LogP contribution in [-0.4, -0.2) is 33.3 Å². The number of aromatic nitrogens is 3. The largest absolute Gasteiger partial charge is 0.525 e. The Kier molecular flexibility index (Phi) is 4.51. The maximum Gasteiger partial charge on any atom is 0.525 e. The van der Waals surface area contributed by atoms with Crippen molar-refractivity contribution < 1.29 is 13.7 Å². The zero-order valence-corrected chi connectivity index (χ0v) is 15.6. The van der Waals surface area contributed by atoms with Gasteiger partial charge in [-0.3, -0.25) is 0 Å². The molecule has 0 atom stereocenters. The van der Waals surface area contributed by atoms with E-state index < -0.39 is 24.0 Å². The molecule has 8 heteroatoms. The van der Waals surface area contributed by atoms with E-state index in [-0.39, 0.29) is 0 Å². The van der Waals surface area contributed by atoms with Gasteiger partial charge >= 0.3 is 7.12 Å². The maximum atomic E-state index is 14.5. The lowest BCUT2D eigenvalue weighted by molar-refractivity contribution is 0.00578. The summed E-state index contributed by atoms with van der Waals surface area (Å²) in [6, 6.07) is 5.59. The van der Waals surface area contributed by atoms with Crippen LogP contribution in [0.2, 0.25) is 5.02 Å². The quantitative estimate of drug-likeness (QED) is 0.768. The summed E-state index contributed by atoms with van der Waals surface area (Å²) in [5.74, 6) is 0. The fourth-order valence-corrected chi connectivity index (χ4v) is 2.74. The van der Waals surface area contributed by atoms with E-state index in [0.717, 1.165) is 5.56 Å². The van der Waals surface area contributed by atoms with E-state index in [1.807, 2.05) is 52.8 Å². The van der Waals surface area contributed by atoms with Gasteiger partial charge in [0.25, 0.3) is 0 Å². The van der Waals surface area contributed by atoms with E-state index in [4.69, 9.17) is 20.9 Å². The second kappa shape index (κ2) is 6.23. The van der Waals surface area contributed by atoms with Crippen LogP contribution >= 0.6 is 11.6 Å². The monoisotopic (exact) mass is 363 g/mol. The molecule has 0 radical (unpaired) electrons. The van der Waals surface area contributed by atoms with Crippen molar-refractivity contribution in [2.45, 2.75) is 45.8 Å². The molecule has 1 fully saturated rings. The average molecular weight is 364 g/mol.